The summed E-state index contributed by atoms with van der Waals surface area (Å²) in [5.41, 5.74) is 0.703. The summed E-state index contributed by atoms with van der Waals surface area (Å²) >= 11 is 3.32. The minimum absolute atomic E-state index is 0.354. The normalized spacial score (nSPS) is 9.71. The summed E-state index contributed by atoms with van der Waals surface area (Å²) < 4.78 is 0.956. The number of urea groups is 1. The summed E-state index contributed by atoms with van der Waals surface area (Å²) in [5, 5.41) is 5.25. The van der Waals surface area contributed by atoms with Gasteiger partial charge in [0.1, 0.15) is 0 Å². The van der Waals surface area contributed by atoms with Crippen LogP contribution in [0.1, 0.15) is 0 Å². The molecule has 86 valence electrons. The fourth-order valence-corrected chi connectivity index (χ4v) is 1.44. The van der Waals surface area contributed by atoms with Crippen molar-refractivity contribution in [3.8, 4) is 0 Å². The molecule has 0 aliphatic rings. The van der Waals surface area contributed by atoms with Gasteiger partial charge in [-0.2, -0.15) is 0 Å². The molecule has 0 saturated carbocycles. The van der Waals surface area contributed by atoms with Gasteiger partial charge in [-0.05, 0) is 24.3 Å². The molecule has 0 fully saturated rings. The molecule has 0 unspecified atom stereocenters. The number of carbonyl (C=O) groups excluding carboxylic acids is 1. The van der Waals surface area contributed by atoms with Crippen LogP contribution in [0.3, 0.4) is 0 Å². The second-order valence-corrected chi connectivity index (χ2v) is 4.09. The number of hydrogen-bond donors (Lipinski definition) is 2. The molecule has 0 bridgehead atoms. The summed E-state index contributed by atoms with van der Waals surface area (Å²) in [6.07, 6.45) is 4.52. The first-order valence-corrected chi connectivity index (χ1v) is 5.63. The molecule has 1 aromatic carbocycles. The highest BCUT2D eigenvalue weighted by Gasteiger charge is 2.02. The molecule has 6 heteroatoms. The van der Waals surface area contributed by atoms with Gasteiger partial charge in [0, 0.05) is 22.6 Å². The van der Waals surface area contributed by atoms with Crippen molar-refractivity contribution in [1.82, 2.24) is 9.97 Å². The Morgan fingerprint density at radius 2 is 1.88 bits per heavy atom. The number of nitrogens with one attached hydrogen (secondary N) is 2. The van der Waals surface area contributed by atoms with Gasteiger partial charge < -0.3 is 5.32 Å². The topological polar surface area (TPSA) is 66.9 Å². The van der Waals surface area contributed by atoms with Gasteiger partial charge in [-0.1, -0.05) is 15.9 Å². The molecule has 0 saturated heterocycles. The van der Waals surface area contributed by atoms with Gasteiger partial charge in [0.15, 0.2) is 5.82 Å². The van der Waals surface area contributed by atoms with Crippen molar-refractivity contribution < 1.29 is 4.79 Å². The van der Waals surface area contributed by atoms with Gasteiger partial charge in [-0.25, -0.2) is 9.78 Å². The molecule has 2 N–H and O–H groups in total. The van der Waals surface area contributed by atoms with Crippen molar-refractivity contribution in [2.75, 3.05) is 10.6 Å². The molecule has 17 heavy (non-hydrogen) atoms. The zero-order valence-electron chi connectivity index (χ0n) is 8.72. The third kappa shape index (κ3) is 3.53. The quantitative estimate of drug-likeness (QED) is 0.894. The monoisotopic (exact) mass is 292 g/mol. The molecule has 0 aliphatic carbocycles. The van der Waals surface area contributed by atoms with Crippen LogP contribution in [-0.2, 0) is 0 Å². The van der Waals surface area contributed by atoms with Gasteiger partial charge in [0.2, 0.25) is 0 Å². The van der Waals surface area contributed by atoms with Crippen LogP contribution in [-0.4, -0.2) is 16.0 Å². The highest BCUT2D eigenvalue weighted by molar-refractivity contribution is 9.10. The van der Waals surface area contributed by atoms with E-state index in [-0.39, 0.29) is 6.03 Å². The second-order valence-electron chi connectivity index (χ2n) is 3.18. The Bertz CT molecular complexity index is 501. The number of benzene rings is 1. The zero-order valence-corrected chi connectivity index (χ0v) is 10.3. The first-order chi connectivity index (χ1) is 8.24. The minimum Gasteiger partial charge on any atom is -0.308 e. The average Bonchev–Trinajstić information content (AvgIpc) is 2.33. The van der Waals surface area contributed by atoms with Gasteiger partial charge in [-0.15, -0.1) is 0 Å². The second kappa shape index (κ2) is 5.40. The highest BCUT2D eigenvalue weighted by atomic mass is 79.9. The first kappa shape index (κ1) is 11.5. The Balaban J connectivity index is 1.96. The predicted octanol–water partition coefficient (Wildman–Crippen LogP) is 2.88. The number of anilines is 2. The van der Waals surface area contributed by atoms with Crippen molar-refractivity contribution >= 4 is 33.5 Å². The maximum atomic E-state index is 11.6. The van der Waals surface area contributed by atoms with Gasteiger partial charge in [0.05, 0.1) is 6.20 Å². The average molecular weight is 293 g/mol. The molecule has 1 heterocycles. The first-order valence-electron chi connectivity index (χ1n) is 4.83. The molecule has 1 aromatic heterocycles. The molecule has 0 aliphatic heterocycles. The Hall–Kier alpha value is -1.95. The zero-order chi connectivity index (χ0) is 12.1. The van der Waals surface area contributed by atoms with E-state index in [9.17, 15) is 4.79 Å². The number of halogens is 1. The van der Waals surface area contributed by atoms with Crippen molar-refractivity contribution in [3.63, 3.8) is 0 Å². The van der Waals surface area contributed by atoms with Gasteiger partial charge in [-0.3, -0.25) is 10.3 Å². The predicted molar refractivity (Wildman–Crippen MR) is 68.8 cm³/mol. The van der Waals surface area contributed by atoms with Crippen molar-refractivity contribution in [2.45, 2.75) is 0 Å². The Kier molecular flexibility index (Phi) is 3.66. The molecule has 0 atom stereocenters. The van der Waals surface area contributed by atoms with Gasteiger partial charge in [0.25, 0.3) is 0 Å². The number of rotatable bonds is 2. The van der Waals surface area contributed by atoms with Crippen LogP contribution in [0, 0.1) is 0 Å². The third-order valence-corrected chi connectivity index (χ3v) is 2.44. The molecule has 0 radical (unpaired) electrons. The fraction of sp³-hybridized carbons (Fsp3) is 0. The lowest BCUT2D eigenvalue weighted by atomic mass is 10.3. The van der Waals surface area contributed by atoms with E-state index in [1.54, 1.807) is 12.1 Å². The molecule has 0 spiro atoms. The fourth-order valence-electron chi connectivity index (χ4n) is 1.18. The number of carbonyl (C=O) groups is 1. The van der Waals surface area contributed by atoms with Crippen LogP contribution in [0.25, 0.3) is 0 Å². The van der Waals surface area contributed by atoms with E-state index in [0.717, 1.165) is 4.47 Å². The van der Waals surface area contributed by atoms with E-state index >= 15 is 0 Å². The number of amides is 2. The number of nitrogens with zero attached hydrogens (tertiary/aromatic N) is 2. The lowest BCUT2D eigenvalue weighted by Crippen LogP contribution is -2.20. The summed E-state index contributed by atoms with van der Waals surface area (Å²) in [5.74, 6) is 0.405. The lowest BCUT2D eigenvalue weighted by molar-refractivity contribution is 0.262. The minimum atomic E-state index is -0.354. The standard InChI is InChI=1S/C11H9BrN4O/c12-8-1-3-9(4-2-8)15-11(17)16-10-7-13-5-6-14-10/h1-7H,(H2,14,15,16,17). The SMILES string of the molecule is O=C(Nc1ccc(Br)cc1)Nc1cnccn1. The van der Waals surface area contributed by atoms with E-state index in [0.29, 0.717) is 11.5 Å². The van der Waals surface area contributed by atoms with E-state index in [2.05, 4.69) is 36.5 Å². The maximum Gasteiger partial charge on any atom is 0.324 e. The van der Waals surface area contributed by atoms with Crippen molar-refractivity contribution in [3.05, 3.63) is 47.3 Å². The number of aromatic nitrogens is 2. The summed E-state index contributed by atoms with van der Waals surface area (Å²) in [6.45, 7) is 0. The third-order valence-electron chi connectivity index (χ3n) is 1.91. The van der Waals surface area contributed by atoms with Crippen LogP contribution in [0.15, 0.2) is 47.3 Å². The van der Waals surface area contributed by atoms with Crippen LogP contribution in [0.2, 0.25) is 0 Å². The Morgan fingerprint density at radius 1 is 1.12 bits per heavy atom. The molecule has 2 rings (SSSR count). The Morgan fingerprint density at radius 3 is 2.53 bits per heavy atom. The Labute approximate surface area is 106 Å². The van der Waals surface area contributed by atoms with Gasteiger partial charge >= 0.3 is 6.03 Å². The molecular formula is C11H9BrN4O. The smallest absolute Gasteiger partial charge is 0.308 e. The number of hydrogen-bond acceptors (Lipinski definition) is 3. The largest absolute Gasteiger partial charge is 0.324 e. The van der Waals surface area contributed by atoms with E-state index < -0.39 is 0 Å². The van der Waals surface area contributed by atoms with E-state index in [1.165, 1.54) is 18.6 Å². The summed E-state index contributed by atoms with van der Waals surface area (Å²) in [6, 6.07) is 6.92. The summed E-state index contributed by atoms with van der Waals surface area (Å²) in [4.78, 5) is 19.3. The van der Waals surface area contributed by atoms with Crippen LogP contribution in [0.4, 0.5) is 16.3 Å². The van der Waals surface area contributed by atoms with Crippen LogP contribution in [0.5, 0.6) is 0 Å². The maximum absolute atomic E-state index is 11.6. The summed E-state index contributed by atoms with van der Waals surface area (Å²) in [7, 11) is 0. The van der Waals surface area contributed by atoms with Crippen LogP contribution < -0.4 is 10.6 Å². The van der Waals surface area contributed by atoms with E-state index in [1.807, 2.05) is 12.1 Å². The van der Waals surface area contributed by atoms with Crippen LogP contribution >= 0.6 is 15.9 Å². The lowest BCUT2D eigenvalue weighted by Gasteiger charge is -2.06. The van der Waals surface area contributed by atoms with Crippen molar-refractivity contribution in [1.29, 1.82) is 0 Å². The molecule has 2 amide bonds. The molecule has 2 aromatic rings. The molecular weight excluding hydrogens is 284 g/mol. The molecule has 5 nitrogen and oxygen atoms in total. The van der Waals surface area contributed by atoms with E-state index in [4.69, 9.17) is 0 Å². The van der Waals surface area contributed by atoms with Crippen molar-refractivity contribution in [2.24, 2.45) is 0 Å². The highest BCUT2D eigenvalue weighted by Crippen LogP contribution is 2.14.